The van der Waals surface area contributed by atoms with E-state index in [-0.39, 0.29) is 0 Å². The Bertz CT molecular complexity index is 294. The summed E-state index contributed by atoms with van der Waals surface area (Å²) < 4.78 is 0. The monoisotopic (exact) mass is 422 g/mol. The second-order valence-corrected chi connectivity index (χ2v) is 10.4. The van der Waals surface area contributed by atoms with Crippen molar-refractivity contribution in [3.8, 4) is 0 Å². The summed E-state index contributed by atoms with van der Waals surface area (Å²) in [6, 6.07) is 0. The van der Waals surface area contributed by atoms with E-state index in [0.717, 1.165) is 11.8 Å². The van der Waals surface area contributed by atoms with Gasteiger partial charge in [-0.2, -0.15) is 0 Å². The average molecular weight is 423 g/mol. The molecule has 0 aliphatic heterocycles. The molecule has 2 unspecified atom stereocenters. The van der Waals surface area contributed by atoms with Gasteiger partial charge in [0.1, 0.15) is 0 Å². The Kier molecular flexibility index (Phi) is 25.3. The predicted octanol–water partition coefficient (Wildman–Crippen LogP) is 11.7. The number of hydrogen-bond acceptors (Lipinski definition) is 0. The summed E-state index contributed by atoms with van der Waals surface area (Å²) in [6.07, 6.45) is 35.3. The van der Waals surface area contributed by atoms with Gasteiger partial charge in [-0.15, -0.1) is 0 Å². The highest BCUT2D eigenvalue weighted by molar-refractivity contribution is 4.69. The zero-order valence-corrected chi connectivity index (χ0v) is 22.1. The van der Waals surface area contributed by atoms with Gasteiger partial charge in [0, 0.05) is 0 Å². The maximum Gasteiger partial charge on any atom is -0.0412 e. The van der Waals surface area contributed by atoms with Gasteiger partial charge in [0.05, 0.1) is 0 Å². The molecule has 0 saturated heterocycles. The molecule has 0 bridgehead atoms. The molecule has 0 saturated carbocycles. The minimum Gasteiger partial charge on any atom is -0.0654 e. The van der Waals surface area contributed by atoms with Gasteiger partial charge < -0.3 is 0 Å². The summed E-state index contributed by atoms with van der Waals surface area (Å²) in [7, 11) is 0. The first kappa shape index (κ1) is 30.0. The molecule has 0 N–H and O–H groups in total. The Hall–Kier alpha value is 0. The van der Waals surface area contributed by atoms with Crippen molar-refractivity contribution >= 4 is 0 Å². The Labute approximate surface area is 193 Å². The van der Waals surface area contributed by atoms with Gasteiger partial charge in [-0.1, -0.05) is 175 Å². The zero-order chi connectivity index (χ0) is 22.1. The maximum atomic E-state index is 2.35. The summed E-state index contributed by atoms with van der Waals surface area (Å²) in [4.78, 5) is 0. The van der Waals surface area contributed by atoms with Crippen molar-refractivity contribution < 1.29 is 0 Å². The van der Waals surface area contributed by atoms with Gasteiger partial charge in [0.15, 0.2) is 0 Å². The Morgan fingerprint density at radius 2 is 0.533 bits per heavy atom. The minimum absolute atomic E-state index is 1.03. The fraction of sp³-hybridized carbons (Fsp3) is 1.00. The second-order valence-electron chi connectivity index (χ2n) is 10.4. The molecule has 30 heavy (non-hydrogen) atoms. The molecule has 0 aromatic carbocycles. The van der Waals surface area contributed by atoms with Gasteiger partial charge in [0.25, 0.3) is 0 Å². The lowest BCUT2D eigenvalue weighted by molar-refractivity contribution is 0.282. The quantitative estimate of drug-likeness (QED) is 0.128. The third-order valence-corrected chi connectivity index (χ3v) is 7.28. The van der Waals surface area contributed by atoms with Crippen LogP contribution >= 0.6 is 0 Å². The highest BCUT2D eigenvalue weighted by Gasteiger charge is 2.16. The largest absolute Gasteiger partial charge is 0.0654 e. The summed E-state index contributed by atoms with van der Waals surface area (Å²) in [5, 5.41) is 0. The highest BCUT2D eigenvalue weighted by atomic mass is 14.2. The molecule has 0 radical (unpaired) electrons. The lowest BCUT2D eigenvalue weighted by Crippen LogP contribution is -2.11. The Morgan fingerprint density at radius 3 is 0.833 bits per heavy atom. The molecule has 0 heteroatoms. The van der Waals surface area contributed by atoms with Gasteiger partial charge in [-0.3, -0.25) is 0 Å². The van der Waals surface area contributed by atoms with Crippen LogP contribution in [0.4, 0.5) is 0 Å². The minimum atomic E-state index is 1.03. The lowest BCUT2D eigenvalue weighted by Gasteiger charge is -2.24. The van der Waals surface area contributed by atoms with E-state index in [1.807, 2.05) is 0 Å². The van der Waals surface area contributed by atoms with Crippen LogP contribution in [0.25, 0.3) is 0 Å². The first-order chi connectivity index (χ1) is 14.8. The number of rotatable bonds is 25. The van der Waals surface area contributed by atoms with E-state index in [2.05, 4.69) is 27.7 Å². The summed E-state index contributed by atoms with van der Waals surface area (Å²) in [5.41, 5.74) is 0. The normalized spacial score (nSPS) is 13.6. The van der Waals surface area contributed by atoms with E-state index < -0.39 is 0 Å². The van der Waals surface area contributed by atoms with Crippen molar-refractivity contribution in [1.82, 2.24) is 0 Å². The van der Waals surface area contributed by atoms with E-state index in [0.29, 0.717) is 0 Å². The zero-order valence-electron chi connectivity index (χ0n) is 22.1. The lowest BCUT2D eigenvalue weighted by atomic mass is 9.82. The van der Waals surface area contributed by atoms with Gasteiger partial charge in [-0.05, 0) is 18.3 Å². The molecular weight excluding hydrogens is 360 g/mol. The molecule has 0 aromatic rings. The second kappa shape index (κ2) is 25.3. The fourth-order valence-corrected chi connectivity index (χ4v) is 5.20. The highest BCUT2D eigenvalue weighted by Crippen LogP contribution is 2.31. The van der Waals surface area contributed by atoms with Gasteiger partial charge in [-0.25, -0.2) is 0 Å². The van der Waals surface area contributed by atoms with Crippen molar-refractivity contribution in [3.63, 3.8) is 0 Å². The van der Waals surface area contributed by atoms with E-state index in [1.54, 1.807) is 6.42 Å². The molecule has 2 atom stereocenters. The van der Waals surface area contributed by atoms with Crippen LogP contribution in [0.5, 0.6) is 0 Å². The van der Waals surface area contributed by atoms with Crippen LogP contribution in [-0.2, 0) is 0 Å². The molecule has 0 spiro atoms. The molecule has 0 fully saturated rings. The predicted molar refractivity (Wildman–Crippen MR) is 140 cm³/mol. The van der Waals surface area contributed by atoms with Crippen molar-refractivity contribution in [2.24, 2.45) is 11.8 Å². The fourth-order valence-electron chi connectivity index (χ4n) is 5.20. The van der Waals surface area contributed by atoms with Crippen LogP contribution in [0.1, 0.15) is 182 Å². The third-order valence-electron chi connectivity index (χ3n) is 7.28. The summed E-state index contributed by atoms with van der Waals surface area (Å²) >= 11 is 0. The molecule has 0 rings (SSSR count). The standard InChI is InChI=1S/C30H62/c1-5-9-13-17-19-23-27-30(25-21-16-12-8-4)28-29(24-20-15-11-7-3)26-22-18-14-10-6-2/h29-30H,5-28H2,1-4H3. The Morgan fingerprint density at radius 1 is 0.300 bits per heavy atom. The van der Waals surface area contributed by atoms with Crippen LogP contribution in [0.3, 0.4) is 0 Å². The van der Waals surface area contributed by atoms with E-state index in [9.17, 15) is 0 Å². The maximum absolute atomic E-state index is 2.35. The smallest absolute Gasteiger partial charge is 0.0412 e. The molecule has 182 valence electrons. The summed E-state index contributed by atoms with van der Waals surface area (Å²) in [6.45, 7) is 9.36. The number of hydrogen-bond donors (Lipinski definition) is 0. The van der Waals surface area contributed by atoms with Crippen molar-refractivity contribution in [2.45, 2.75) is 182 Å². The van der Waals surface area contributed by atoms with E-state index in [1.165, 1.54) is 148 Å². The van der Waals surface area contributed by atoms with Crippen LogP contribution in [0, 0.1) is 11.8 Å². The summed E-state index contributed by atoms with van der Waals surface area (Å²) in [5.74, 6) is 2.06. The average Bonchev–Trinajstić information content (AvgIpc) is 2.75. The van der Waals surface area contributed by atoms with Crippen LogP contribution in [0.2, 0.25) is 0 Å². The molecule has 0 nitrogen and oxygen atoms in total. The third kappa shape index (κ3) is 21.2. The number of unbranched alkanes of at least 4 members (excludes halogenated alkanes) is 15. The van der Waals surface area contributed by atoms with Crippen molar-refractivity contribution in [2.75, 3.05) is 0 Å². The topological polar surface area (TPSA) is 0 Å². The van der Waals surface area contributed by atoms with Crippen molar-refractivity contribution in [3.05, 3.63) is 0 Å². The first-order valence-corrected chi connectivity index (χ1v) is 14.8. The molecule has 0 amide bonds. The van der Waals surface area contributed by atoms with E-state index in [4.69, 9.17) is 0 Å². The molecule has 0 heterocycles. The van der Waals surface area contributed by atoms with Crippen LogP contribution in [0.15, 0.2) is 0 Å². The molecule has 0 aliphatic rings. The van der Waals surface area contributed by atoms with Crippen molar-refractivity contribution in [1.29, 1.82) is 0 Å². The molecule has 0 aromatic heterocycles. The van der Waals surface area contributed by atoms with Gasteiger partial charge in [0.2, 0.25) is 0 Å². The van der Waals surface area contributed by atoms with E-state index >= 15 is 0 Å². The van der Waals surface area contributed by atoms with Crippen LogP contribution in [-0.4, -0.2) is 0 Å². The SMILES string of the molecule is CCCCCCCCC(CCCCCC)CC(CCCCCC)CCCCCCC. The molecular formula is C30H62. The first-order valence-electron chi connectivity index (χ1n) is 14.8. The Balaban J connectivity index is 4.46. The van der Waals surface area contributed by atoms with Gasteiger partial charge >= 0.3 is 0 Å². The van der Waals surface area contributed by atoms with Crippen LogP contribution < -0.4 is 0 Å². The molecule has 0 aliphatic carbocycles.